The lowest BCUT2D eigenvalue weighted by Gasteiger charge is -2.34. The number of likely N-dealkylation sites (tertiary alicyclic amines) is 1. The van der Waals surface area contributed by atoms with Gasteiger partial charge in [0.15, 0.2) is 11.0 Å². The zero-order valence-corrected chi connectivity index (χ0v) is 13.9. The summed E-state index contributed by atoms with van der Waals surface area (Å²) in [6.45, 7) is 6.85. The molecule has 1 aliphatic heterocycles. The maximum absolute atomic E-state index is 12.0. The number of nitrogens with zero attached hydrogens (tertiary/aromatic N) is 3. The number of anilines is 2. The van der Waals surface area contributed by atoms with Gasteiger partial charge in [-0.25, -0.2) is 14.8 Å². The van der Waals surface area contributed by atoms with Crippen LogP contribution in [0.2, 0.25) is 5.15 Å². The predicted molar refractivity (Wildman–Crippen MR) is 85.9 cm³/mol. The van der Waals surface area contributed by atoms with E-state index in [1.165, 1.54) is 6.33 Å². The highest BCUT2D eigenvalue weighted by Gasteiger charge is 2.27. The molecule has 2 rings (SSSR count). The molecule has 1 aromatic heterocycles. The lowest BCUT2D eigenvalue weighted by molar-refractivity contribution is 0.0210. The van der Waals surface area contributed by atoms with Crippen molar-refractivity contribution in [3.63, 3.8) is 0 Å². The van der Waals surface area contributed by atoms with E-state index in [0.29, 0.717) is 24.6 Å². The highest BCUT2D eigenvalue weighted by atomic mass is 35.5. The first kappa shape index (κ1) is 16.6. The Morgan fingerprint density at radius 3 is 2.64 bits per heavy atom. The standard InChI is InChI=1S/C14H22ClN5O2/c1-14(2,3)22-13(21)20-6-4-9(5-7-20)19-12-10(16)11(15)17-8-18-12/h8-9H,4-7,16H2,1-3H3,(H,17,18,19). The van der Waals surface area contributed by atoms with Gasteiger partial charge in [0, 0.05) is 19.1 Å². The molecule has 122 valence electrons. The third-order valence-corrected chi connectivity index (χ3v) is 3.62. The van der Waals surface area contributed by atoms with Gasteiger partial charge >= 0.3 is 6.09 Å². The maximum Gasteiger partial charge on any atom is 0.410 e. The fourth-order valence-corrected chi connectivity index (χ4v) is 2.35. The molecule has 0 aromatic carbocycles. The molecule has 8 heteroatoms. The minimum atomic E-state index is -0.474. The molecule has 0 unspecified atom stereocenters. The Hall–Kier alpha value is -1.76. The minimum Gasteiger partial charge on any atom is -0.444 e. The van der Waals surface area contributed by atoms with Crippen LogP contribution in [0.25, 0.3) is 0 Å². The van der Waals surface area contributed by atoms with Gasteiger partial charge in [0.2, 0.25) is 0 Å². The third kappa shape index (κ3) is 4.37. The lowest BCUT2D eigenvalue weighted by Crippen LogP contribution is -2.44. The molecular weight excluding hydrogens is 306 g/mol. The summed E-state index contributed by atoms with van der Waals surface area (Å²) in [6.07, 6.45) is 2.69. The van der Waals surface area contributed by atoms with Crippen molar-refractivity contribution in [2.24, 2.45) is 0 Å². The van der Waals surface area contributed by atoms with E-state index in [-0.39, 0.29) is 17.3 Å². The van der Waals surface area contributed by atoms with Gasteiger partial charge in [0.05, 0.1) is 0 Å². The van der Waals surface area contributed by atoms with Crippen molar-refractivity contribution in [2.45, 2.75) is 45.3 Å². The summed E-state index contributed by atoms with van der Waals surface area (Å²) >= 11 is 5.87. The molecule has 1 amide bonds. The van der Waals surface area contributed by atoms with Crippen molar-refractivity contribution in [1.82, 2.24) is 14.9 Å². The third-order valence-electron chi connectivity index (χ3n) is 3.32. The number of nitrogens with two attached hydrogens (primary N) is 1. The molecule has 3 N–H and O–H groups in total. The summed E-state index contributed by atoms with van der Waals surface area (Å²) in [4.78, 5) is 21.6. The van der Waals surface area contributed by atoms with Gasteiger partial charge in [0.25, 0.3) is 0 Å². The van der Waals surface area contributed by atoms with Crippen LogP contribution in [-0.4, -0.2) is 45.7 Å². The molecule has 7 nitrogen and oxygen atoms in total. The number of rotatable bonds is 2. The summed E-state index contributed by atoms with van der Waals surface area (Å²) in [7, 11) is 0. The SMILES string of the molecule is CC(C)(C)OC(=O)N1CCC(Nc2ncnc(Cl)c2N)CC1. The van der Waals surface area contributed by atoms with Crippen LogP contribution < -0.4 is 11.1 Å². The molecule has 1 aliphatic rings. The Balaban J connectivity index is 1.87. The average Bonchev–Trinajstić information content (AvgIpc) is 2.43. The van der Waals surface area contributed by atoms with E-state index in [1.54, 1.807) is 4.90 Å². The second kappa shape index (κ2) is 6.56. The lowest BCUT2D eigenvalue weighted by atomic mass is 10.1. The highest BCUT2D eigenvalue weighted by Crippen LogP contribution is 2.25. The average molecular weight is 328 g/mol. The van der Waals surface area contributed by atoms with Crippen LogP contribution >= 0.6 is 11.6 Å². The predicted octanol–water partition coefficient (Wildman–Crippen LogP) is 2.52. The molecule has 0 atom stereocenters. The Labute approximate surface area is 135 Å². The van der Waals surface area contributed by atoms with Crippen molar-refractivity contribution >= 4 is 29.2 Å². The maximum atomic E-state index is 12.0. The Morgan fingerprint density at radius 2 is 2.05 bits per heavy atom. The Morgan fingerprint density at radius 1 is 1.41 bits per heavy atom. The normalized spacial score (nSPS) is 16.5. The number of nitrogens with one attached hydrogen (secondary N) is 1. The Bertz CT molecular complexity index is 539. The smallest absolute Gasteiger partial charge is 0.410 e. The summed E-state index contributed by atoms with van der Waals surface area (Å²) in [5.41, 5.74) is 5.71. The van der Waals surface area contributed by atoms with Crippen molar-refractivity contribution in [1.29, 1.82) is 0 Å². The molecule has 2 heterocycles. The quantitative estimate of drug-likeness (QED) is 0.811. The number of aromatic nitrogens is 2. The molecule has 0 radical (unpaired) electrons. The molecule has 1 fully saturated rings. The van der Waals surface area contributed by atoms with Crippen molar-refractivity contribution in [3.8, 4) is 0 Å². The first-order chi connectivity index (χ1) is 10.3. The summed E-state index contributed by atoms with van der Waals surface area (Å²) in [6, 6.07) is 0.187. The molecule has 0 aliphatic carbocycles. The van der Waals surface area contributed by atoms with Gasteiger partial charge in [-0.3, -0.25) is 0 Å². The van der Waals surface area contributed by atoms with E-state index in [9.17, 15) is 4.79 Å². The van der Waals surface area contributed by atoms with Crippen LogP contribution in [0, 0.1) is 0 Å². The highest BCUT2D eigenvalue weighted by molar-refractivity contribution is 6.32. The fraction of sp³-hybridized carbons (Fsp3) is 0.643. The molecular formula is C14H22ClN5O2. The van der Waals surface area contributed by atoms with Gasteiger partial charge in [0.1, 0.15) is 17.6 Å². The molecule has 0 spiro atoms. The van der Waals surface area contributed by atoms with Gasteiger partial charge in [-0.05, 0) is 33.6 Å². The Kier molecular flexibility index (Phi) is 4.95. The van der Waals surface area contributed by atoms with Crippen molar-refractivity contribution in [2.75, 3.05) is 24.1 Å². The topological polar surface area (TPSA) is 93.4 Å². The molecule has 1 saturated heterocycles. The van der Waals surface area contributed by atoms with E-state index in [2.05, 4.69) is 15.3 Å². The molecule has 22 heavy (non-hydrogen) atoms. The van der Waals surface area contributed by atoms with E-state index < -0.39 is 5.60 Å². The molecule has 0 bridgehead atoms. The van der Waals surface area contributed by atoms with Gasteiger partial charge < -0.3 is 20.7 Å². The fourth-order valence-electron chi connectivity index (χ4n) is 2.22. The number of nitrogen functional groups attached to an aromatic ring is 1. The van der Waals surface area contributed by atoms with Crippen LogP contribution in [0.5, 0.6) is 0 Å². The number of amides is 1. The number of piperidine rings is 1. The van der Waals surface area contributed by atoms with Gasteiger partial charge in [-0.2, -0.15) is 0 Å². The largest absolute Gasteiger partial charge is 0.444 e. The molecule has 1 aromatic rings. The van der Waals surface area contributed by atoms with E-state index in [4.69, 9.17) is 22.1 Å². The van der Waals surface area contributed by atoms with Crippen LogP contribution in [0.1, 0.15) is 33.6 Å². The number of carbonyl (C=O) groups excluding carboxylic acids is 1. The minimum absolute atomic E-state index is 0.187. The van der Waals surface area contributed by atoms with E-state index in [0.717, 1.165) is 12.8 Å². The summed E-state index contributed by atoms with van der Waals surface area (Å²) in [5.74, 6) is 0.538. The van der Waals surface area contributed by atoms with E-state index >= 15 is 0 Å². The van der Waals surface area contributed by atoms with Crippen molar-refractivity contribution in [3.05, 3.63) is 11.5 Å². The zero-order chi connectivity index (χ0) is 16.3. The number of hydrogen-bond acceptors (Lipinski definition) is 6. The second-order valence-electron chi connectivity index (χ2n) is 6.31. The molecule has 0 saturated carbocycles. The summed E-state index contributed by atoms with van der Waals surface area (Å²) in [5, 5.41) is 3.50. The van der Waals surface area contributed by atoms with Gasteiger partial charge in [-0.15, -0.1) is 0 Å². The summed E-state index contributed by atoms with van der Waals surface area (Å²) < 4.78 is 5.37. The van der Waals surface area contributed by atoms with E-state index in [1.807, 2.05) is 20.8 Å². The van der Waals surface area contributed by atoms with Gasteiger partial charge in [-0.1, -0.05) is 11.6 Å². The van der Waals surface area contributed by atoms with Crippen LogP contribution in [-0.2, 0) is 4.74 Å². The van der Waals surface area contributed by atoms with Crippen molar-refractivity contribution < 1.29 is 9.53 Å². The van der Waals surface area contributed by atoms with Crippen LogP contribution in [0.4, 0.5) is 16.3 Å². The first-order valence-electron chi connectivity index (χ1n) is 7.26. The number of hydrogen-bond donors (Lipinski definition) is 2. The first-order valence-corrected chi connectivity index (χ1v) is 7.64. The number of halogens is 1. The van der Waals surface area contributed by atoms with Crippen LogP contribution in [0.3, 0.4) is 0 Å². The number of ether oxygens (including phenoxy) is 1. The second-order valence-corrected chi connectivity index (χ2v) is 6.67. The number of carbonyl (C=O) groups is 1. The zero-order valence-electron chi connectivity index (χ0n) is 13.1. The monoisotopic (exact) mass is 327 g/mol. The van der Waals surface area contributed by atoms with Crippen LogP contribution in [0.15, 0.2) is 6.33 Å².